The van der Waals surface area contributed by atoms with Gasteiger partial charge in [0.05, 0.1) is 0 Å². The first-order valence-corrected chi connectivity index (χ1v) is 6.97. The van der Waals surface area contributed by atoms with Gasteiger partial charge in [-0.25, -0.2) is 4.79 Å². The molecule has 0 aliphatic heterocycles. The van der Waals surface area contributed by atoms with Crippen molar-refractivity contribution in [1.82, 2.24) is 5.32 Å². The van der Waals surface area contributed by atoms with Gasteiger partial charge in [-0.1, -0.05) is 24.1 Å². The van der Waals surface area contributed by atoms with Crippen molar-refractivity contribution in [3.8, 4) is 0 Å². The van der Waals surface area contributed by atoms with Crippen molar-refractivity contribution < 1.29 is 19.5 Å². The molecule has 0 aliphatic carbocycles. The van der Waals surface area contributed by atoms with E-state index in [2.05, 4.69) is 5.32 Å². The lowest BCUT2D eigenvalue weighted by atomic mass is 10.0. The number of carbonyl (C=O) groups is 3. The number of amides is 1. The fourth-order valence-electron chi connectivity index (χ4n) is 2.09. The van der Waals surface area contributed by atoms with E-state index in [1.54, 1.807) is 19.1 Å². The van der Waals surface area contributed by atoms with Gasteiger partial charge in [-0.3, -0.25) is 9.59 Å². The van der Waals surface area contributed by atoms with Crippen molar-refractivity contribution in [1.29, 1.82) is 0 Å². The Morgan fingerprint density at radius 2 is 1.71 bits per heavy atom. The highest BCUT2D eigenvalue weighted by atomic mass is 16.4. The predicted molar refractivity (Wildman–Crippen MR) is 79.3 cm³/mol. The molecule has 0 unspecified atom stereocenters. The summed E-state index contributed by atoms with van der Waals surface area (Å²) in [5.74, 6) is -1.57. The minimum atomic E-state index is -1.13. The normalized spacial score (nSPS) is 11.8. The zero-order valence-corrected chi connectivity index (χ0v) is 12.6. The second-order valence-electron chi connectivity index (χ2n) is 5.17. The molecule has 0 saturated carbocycles. The van der Waals surface area contributed by atoms with Gasteiger partial charge in [-0.05, 0) is 32.4 Å². The van der Waals surface area contributed by atoms with Gasteiger partial charge in [0, 0.05) is 18.4 Å². The lowest BCUT2D eigenvalue weighted by Gasteiger charge is -2.14. The molecule has 1 aromatic rings. The van der Waals surface area contributed by atoms with Crippen LogP contribution in [0.25, 0.3) is 0 Å². The average molecular weight is 291 g/mol. The molecule has 5 heteroatoms. The van der Waals surface area contributed by atoms with Crippen molar-refractivity contribution in [2.75, 3.05) is 0 Å². The van der Waals surface area contributed by atoms with Crippen LogP contribution in [0.2, 0.25) is 0 Å². The first kappa shape index (κ1) is 16.9. The third-order valence-corrected chi connectivity index (χ3v) is 3.19. The summed E-state index contributed by atoms with van der Waals surface area (Å²) in [5.41, 5.74) is 2.31. The van der Waals surface area contributed by atoms with Gasteiger partial charge >= 0.3 is 5.97 Å². The van der Waals surface area contributed by atoms with Crippen LogP contribution in [-0.2, 0) is 9.59 Å². The molecule has 1 rings (SSSR count). The monoisotopic (exact) mass is 291 g/mol. The van der Waals surface area contributed by atoms with E-state index in [4.69, 9.17) is 5.11 Å². The van der Waals surface area contributed by atoms with Gasteiger partial charge in [0.1, 0.15) is 11.8 Å². The van der Waals surface area contributed by atoms with Gasteiger partial charge in [0.25, 0.3) is 5.91 Å². The van der Waals surface area contributed by atoms with Gasteiger partial charge in [-0.15, -0.1) is 0 Å². The van der Waals surface area contributed by atoms with Crippen molar-refractivity contribution in [2.24, 2.45) is 0 Å². The van der Waals surface area contributed by atoms with Crippen LogP contribution in [0, 0.1) is 13.8 Å². The number of hydrogen-bond donors (Lipinski definition) is 2. The summed E-state index contributed by atoms with van der Waals surface area (Å²) in [7, 11) is 0. The van der Waals surface area contributed by atoms with Crippen molar-refractivity contribution >= 4 is 17.7 Å². The molecule has 0 fully saturated rings. The van der Waals surface area contributed by atoms with Gasteiger partial charge in [0.15, 0.2) is 0 Å². The van der Waals surface area contributed by atoms with Crippen molar-refractivity contribution in [3.05, 3.63) is 34.9 Å². The van der Waals surface area contributed by atoms with Crippen LogP contribution in [0.1, 0.15) is 47.7 Å². The maximum atomic E-state index is 12.1. The first-order chi connectivity index (χ1) is 9.83. The molecule has 0 saturated heterocycles. The summed E-state index contributed by atoms with van der Waals surface area (Å²) >= 11 is 0. The van der Waals surface area contributed by atoms with Crippen LogP contribution in [0.4, 0.5) is 0 Å². The molecule has 21 heavy (non-hydrogen) atoms. The molecule has 1 aromatic carbocycles. The first-order valence-electron chi connectivity index (χ1n) is 6.97. The van der Waals surface area contributed by atoms with E-state index >= 15 is 0 Å². The van der Waals surface area contributed by atoms with Crippen LogP contribution in [0.15, 0.2) is 18.2 Å². The fraction of sp³-hybridized carbons (Fsp3) is 0.438. The molecule has 0 bridgehead atoms. The summed E-state index contributed by atoms with van der Waals surface area (Å²) < 4.78 is 0. The maximum Gasteiger partial charge on any atom is 0.326 e. The molecular formula is C16H21NO4. The smallest absolute Gasteiger partial charge is 0.326 e. The van der Waals surface area contributed by atoms with Crippen LogP contribution >= 0.6 is 0 Å². The number of benzene rings is 1. The van der Waals surface area contributed by atoms with Gasteiger partial charge in [0.2, 0.25) is 0 Å². The molecule has 1 amide bonds. The maximum absolute atomic E-state index is 12.1. The lowest BCUT2D eigenvalue weighted by Crippen LogP contribution is -2.41. The number of hydrogen-bond acceptors (Lipinski definition) is 3. The van der Waals surface area contributed by atoms with E-state index in [9.17, 15) is 14.4 Å². The van der Waals surface area contributed by atoms with Gasteiger partial charge < -0.3 is 10.4 Å². The van der Waals surface area contributed by atoms with Crippen molar-refractivity contribution in [2.45, 2.75) is 46.1 Å². The molecule has 5 nitrogen and oxygen atoms in total. The number of aliphatic carboxylic acids is 1. The topological polar surface area (TPSA) is 83.5 Å². The van der Waals surface area contributed by atoms with E-state index in [-0.39, 0.29) is 18.6 Å². The third kappa shape index (κ3) is 5.38. The number of carboxylic acid groups (broad SMARTS) is 1. The minimum absolute atomic E-state index is 0.0121. The fourth-order valence-corrected chi connectivity index (χ4v) is 2.09. The SMILES string of the molecule is CCC(=O)CC[C@@H](NC(=O)c1cc(C)cc(C)c1)C(=O)O. The number of carbonyl (C=O) groups excluding carboxylic acids is 2. The summed E-state index contributed by atoms with van der Waals surface area (Å²) in [6.45, 7) is 5.48. The number of carboxylic acids is 1. The van der Waals surface area contributed by atoms with E-state index in [1.165, 1.54) is 0 Å². The molecule has 0 spiro atoms. The molecule has 1 atom stereocenters. The highest BCUT2D eigenvalue weighted by molar-refractivity contribution is 5.97. The quantitative estimate of drug-likeness (QED) is 0.807. The Morgan fingerprint density at radius 1 is 1.14 bits per heavy atom. The Bertz CT molecular complexity index is 531. The largest absolute Gasteiger partial charge is 0.480 e. The highest BCUT2D eigenvalue weighted by Crippen LogP contribution is 2.10. The van der Waals surface area contributed by atoms with Gasteiger partial charge in [-0.2, -0.15) is 0 Å². The van der Waals surface area contributed by atoms with E-state index < -0.39 is 17.9 Å². The molecule has 0 heterocycles. The zero-order chi connectivity index (χ0) is 16.0. The molecule has 114 valence electrons. The second kappa shape index (κ2) is 7.57. The summed E-state index contributed by atoms with van der Waals surface area (Å²) in [6.07, 6.45) is 0.635. The summed E-state index contributed by atoms with van der Waals surface area (Å²) in [5, 5.41) is 11.6. The zero-order valence-electron chi connectivity index (χ0n) is 12.6. The van der Waals surface area contributed by atoms with Crippen LogP contribution < -0.4 is 5.32 Å². The average Bonchev–Trinajstić information content (AvgIpc) is 2.41. The molecule has 0 aromatic heterocycles. The Kier molecular flexibility index (Phi) is 6.09. The minimum Gasteiger partial charge on any atom is -0.480 e. The predicted octanol–water partition coefficient (Wildman–Crippen LogP) is 2.25. The van der Waals surface area contributed by atoms with E-state index in [0.717, 1.165) is 11.1 Å². The number of rotatable bonds is 7. The Hall–Kier alpha value is -2.17. The summed E-state index contributed by atoms with van der Waals surface area (Å²) in [4.78, 5) is 34.6. The third-order valence-electron chi connectivity index (χ3n) is 3.19. The molecule has 0 aliphatic rings. The molecule has 2 N–H and O–H groups in total. The van der Waals surface area contributed by atoms with Crippen LogP contribution in [-0.4, -0.2) is 28.8 Å². The number of nitrogens with one attached hydrogen (secondary N) is 1. The van der Waals surface area contributed by atoms with Crippen molar-refractivity contribution in [3.63, 3.8) is 0 Å². The number of Topliss-reactive ketones (excluding diaryl/α,β-unsaturated/α-hetero) is 1. The van der Waals surface area contributed by atoms with Crippen LogP contribution in [0.3, 0.4) is 0 Å². The standard InChI is InChI=1S/C16H21NO4/c1-4-13(18)5-6-14(16(20)21)17-15(19)12-8-10(2)7-11(3)9-12/h7-9,14H,4-6H2,1-3H3,(H,17,19)(H,20,21)/t14-/m1/s1. The highest BCUT2D eigenvalue weighted by Gasteiger charge is 2.21. The number of ketones is 1. The Morgan fingerprint density at radius 3 is 2.19 bits per heavy atom. The summed E-state index contributed by atoms with van der Waals surface area (Å²) in [6, 6.07) is 4.30. The lowest BCUT2D eigenvalue weighted by molar-refractivity contribution is -0.139. The van der Waals surface area contributed by atoms with E-state index in [0.29, 0.717) is 12.0 Å². The Balaban J connectivity index is 2.76. The Labute approximate surface area is 124 Å². The molecular weight excluding hydrogens is 270 g/mol. The van der Waals surface area contributed by atoms with Crippen LogP contribution in [0.5, 0.6) is 0 Å². The number of aryl methyl sites for hydroxylation is 2. The second-order valence-corrected chi connectivity index (χ2v) is 5.17. The van der Waals surface area contributed by atoms with E-state index in [1.807, 2.05) is 19.9 Å². The molecule has 0 radical (unpaired) electrons.